The first kappa shape index (κ1) is 16.1. The molecule has 2 rings (SSSR count). The van der Waals surface area contributed by atoms with Gasteiger partial charge < -0.3 is 33.5 Å². The van der Waals surface area contributed by atoms with Crippen LogP contribution in [0.15, 0.2) is 0 Å². The van der Waals surface area contributed by atoms with Gasteiger partial charge in [-0.15, -0.1) is 0 Å². The summed E-state index contributed by atoms with van der Waals surface area (Å²) >= 11 is 0. The Balaban J connectivity index is 2.33. The molecule has 118 valence electrons. The molecule has 0 spiro atoms. The number of methoxy groups -OCH3 is 3. The van der Waals surface area contributed by atoms with E-state index in [1.807, 2.05) is 0 Å². The lowest BCUT2D eigenvalue weighted by Gasteiger charge is -2.56. The van der Waals surface area contributed by atoms with Crippen LogP contribution in [0.5, 0.6) is 0 Å². The van der Waals surface area contributed by atoms with Gasteiger partial charge in [0.15, 0.2) is 6.29 Å². The molecular weight excluding hydrogens is 268 g/mol. The molecule has 1 N–H and O–H groups in total. The highest BCUT2D eigenvalue weighted by Gasteiger charge is 2.61. The third-order valence-electron chi connectivity index (χ3n) is 4.32. The van der Waals surface area contributed by atoms with Crippen molar-refractivity contribution in [3.63, 3.8) is 0 Å². The topological polar surface area (TPSA) is 75.6 Å². The van der Waals surface area contributed by atoms with Crippen LogP contribution >= 0.6 is 0 Å². The van der Waals surface area contributed by atoms with Crippen molar-refractivity contribution in [1.29, 1.82) is 0 Å². The molecule has 0 aliphatic carbocycles. The monoisotopic (exact) mass is 292 g/mol. The molecule has 0 saturated carbocycles. The summed E-state index contributed by atoms with van der Waals surface area (Å²) in [5, 5.41) is 10.3. The lowest BCUT2D eigenvalue weighted by Crippen LogP contribution is -2.72. The maximum absolute atomic E-state index is 10.3. The zero-order valence-corrected chi connectivity index (χ0v) is 12.8. The van der Waals surface area contributed by atoms with Gasteiger partial charge in [-0.1, -0.05) is 0 Å². The van der Waals surface area contributed by atoms with E-state index in [0.717, 1.165) is 0 Å². The fraction of sp³-hybridized carbons (Fsp3) is 1.00. The number of rotatable bonds is 3. The average Bonchev–Trinajstić information content (AvgIpc) is 2.45. The minimum atomic E-state index is -1.15. The van der Waals surface area contributed by atoms with E-state index in [0.29, 0.717) is 0 Å². The normalized spacial score (nSPS) is 52.6. The number of aliphatic hydroxyl groups excluding tert-OH is 1. The number of fused-ring (bicyclic) bond motifs is 1. The van der Waals surface area contributed by atoms with Crippen LogP contribution in [-0.2, 0) is 28.4 Å². The molecule has 2 heterocycles. The molecule has 2 aliphatic rings. The summed E-state index contributed by atoms with van der Waals surface area (Å²) in [6.45, 7) is 5.18. The Morgan fingerprint density at radius 2 is 1.45 bits per heavy atom. The zero-order chi connectivity index (χ0) is 15.1. The predicted octanol–water partition coefficient (Wildman–Crippen LogP) is 0.248. The van der Waals surface area contributed by atoms with E-state index < -0.39 is 42.3 Å². The number of hydrogen-bond acceptors (Lipinski definition) is 7. The Kier molecular flexibility index (Phi) is 4.42. The second-order valence-electron chi connectivity index (χ2n) is 5.40. The number of aliphatic hydroxyl groups is 1. The van der Waals surface area contributed by atoms with Crippen molar-refractivity contribution in [1.82, 2.24) is 0 Å². The van der Waals surface area contributed by atoms with Gasteiger partial charge in [0, 0.05) is 21.3 Å². The van der Waals surface area contributed by atoms with E-state index in [-0.39, 0.29) is 0 Å². The average molecular weight is 292 g/mol. The van der Waals surface area contributed by atoms with Crippen molar-refractivity contribution in [2.45, 2.75) is 63.1 Å². The summed E-state index contributed by atoms with van der Waals surface area (Å²) in [6, 6.07) is 0. The minimum absolute atomic E-state index is 0.433. The fourth-order valence-electron chi connectivity index (χ4n) is 2.64. The smallest absolute Gasteiger partial charge is 0.220 e. The fourth-order valence-corrected chi connectivity index (χ4v) is 2.64. The standard InChI is InChI=1S/C13H24O7/c1-7-8(14)9-10(11(15-4)18-7)20-13(3,17-6)12(2,16-5)19-9/h7-11,14H,1-6H3/t7-,8+,9+,10-,11+,12-,13-/m0/s1. The van der Waals surface area contributed by atoms with Crippen LogP contribution in [0.1, 0.15) is 20.8 Å². The molecule has 0 amide bonds. The molecule has 0 bridgehead atoms. The third kappa shape index (κ3) is 2.27. The Morgan fingerprint density at radius 1 is 0.950 bits per heavy atom. The van der Waals surface area contributed by atoms with Gasteiger partial charge in [-0.2, -0.15) is 0 Å². The van der Waals surface area contributed by atoms with E-state index in [4.69, 9.17) is 28.4 Å². The van der Waals surface area contributed by atoms with Gasteiger partial charge in [-0.25, -0.2) is 0 Å². The van der Waals surface area contributed by atoms with Crippen molar-refractivity contribution in [2.24, 2.45) is 0 Å². The Hall–Kier alpha value is -0.280. The quantitative estimate of drug-likeness (QED) is 0.799. The molecule has 0 unspecified atom stereocenters. The third-order valence-corrected chi connectivity index (χ3v) is 4.32. The first-order chi connectivity index (χ1) is 9.31. The van der Waals surface area contributed by atoms with Gasteiger partial charge in [0.25, 0.3) is 0 Å². The molecule has 2 saturated heterocycles. The van der Waals surface area contributed by atoms with Crippen LogP contribution in [0.3, 0.4) is 0 Å². The predicted molar refractivity (Wildman–Crippen MR) is 67.9 cm³/mol. The van der Waals surface area contributed by atoms with Crippen molar-refractivity contribution in [2.75, 3.05) is 21.3 Å². The molecule has 7 atom stereocenters. The van der Waals surface area contributed by atoms with Crippen molar-refractivity contribution < 1.29 is 33.5 Å². The van der Waals surface area contributed by atoms with Crippen LogP contribution in [0.4, 0.5) is 0 Å². The van der Waals surface area contributed by atoms with Gasteiger partial charge in [0.2, 0.25) is 11.6 Å². The lowest BCUT2D eigenvalue weighted by atomic mass is 9.95. The van der Waals surface area contributed by atoms with E-state index in [9.17, 15) is 5.11 Å². The molecule has 20 heavy (non-hydrogen) atoms. The SMILES string of the molecule is CO[C@@H]1O[C@@H](C)[C@@H](O)[C@H]2O[C@](C)(OC)[C@@](C)(OC)O[C@H]12. The van der Waals surface area contributed by atoms with Crippen LogP contribution in [-0.4, -0.2) is 68.7 Å². The molecular formula is C13H24O7. The molecule has 7 nitrogen and oxygen atoms in total. The lowest BCUT2D eigenvalue weighted by molar-refractivity contribution is -0.482. The first-order valence-corrected chi connectivity index (χ1v) is 6.64. The first-order valence-electron chi connectivity index (χ1n) is 6.64. The second-order valence-corrected chi connectivity index (χ2v) is 5.40. The Labute approximate surface area is 119 Å². The summed E-state index contributed by atoms with van der Waals surface area (Å²) in [4.78, 5) is 0. The van der Waals surface area contributed by atoms with Crippen LogP contribution in [0, 0.1) is 0 Å². The molecule has 0 aromatic carbocycles. The summed E-state index contributed by atoms with van der Waals surface area (Å²) in [5.74, 6) is -2.30. The molecule has 0 aromatic heterocycles. The van der Waals surface area contributed by atoms with Crippen LogP contribution in [0.25, 0.3) is 0 Å². The Morgan fingerprint density at radius 3 is 1.90 bits per heavy atom. The van der Waals surface area contributed by atoms with Crippen molar-refractivity contribution in [3.05, 3.63) is 0 Å². The minimum Gasteiger partial charge on any atom is -0.388 e. The molecule has 2 fully saturated rings. The Bertz CT molecular complexity index is 334. The van der Waals surface area contributed by atoms with Gasteiger partial charge in [0.1, 0.15) is 18.3 Å². The van der Waals surface area contributed by atoms with Crippen LogP contribution in [0.2, 0.25) is 0 Å². The molecule has 2 aliphatic heterocycles. The largest absolute Gasteiger partial charge is 0.388 e. The maximum Gasteiger partial charge on any atom is 0.220 e. The van der Waals surface area contributed by atoms with E-state index in [1.165, 1.54) is 21.3 Å². The summed E-state index contributed by atoms with van der Waals surface area (Å²) in [5.41, 5.74) is 0. The maximum atomic E-state index is 10.3. The van der Waals surface area contributed by atoms with E-state index >= 15 is 0 Å². The van der Waals surface area contributed by atoms with Crippen molar-refractivity contribution in [3.8, 4) is 0 Å². The second kappa shape index (κ2) is 5.49. The molecule has 7 heteroatoms. The highest BCUT2D eigenvalue weighted by atomic mass is 16.8. The zero-order valence-electron chi connectivity index (χ0n) is 12.8. The highest BCUT2D eigenvalue weighted by molar-refractivity contribution is 4.98. The van der Waals surface area contributed by atoms with Crippen LogP contribution < -0.4 is 0 Å². The number of ether oxygens (including phenoxy) is 6. The summed E-state index contributed by atoms with van der Waals surface area (Å²) in [7, 11) is 4.53. The van der Waals surface area contributed by atoms with Gasteiger partial charge in [-0.3, -0.25) is 0 Å². The van der Waals surface area contributed by atoms with Gasteiger partial charge >= 0.3 is 0 Å². The van der Waals surface area contributed by atoms with E-state index in [2.05, 4.69) is 0 Å². The molecule has 0 radical (unpaired) electrons. The highest BCUT2D eigenvalue weighted by Crippen LogP contribution is 2.43. The number of hydrogen-bond donors (Lipinski definition) is 1. The summed E-state index contributed by atoms with van der Waals surface area (Å²) < 4.78 is 33.7. The van der Waals surface area contributed by atoms with E-state index in [1.54, 1.807) is 20.8 Å². The molecule has 0 aromatic rings. The van der Waals surface area contributed by atoms with Crippen molar-refractivity contribution >= 4 is 0 Å². The van der Waals surface area contributed by atoms with Gasteiger partial charge in [-0.05, 0) is 20.8 Å². The van der Waals surface area contributed by atoms with Gasteiger partial charge in [0.05, 0.1) is 6.10 Å². The summed E-state index contributed by atoms with van der Waals surface area (Å²) in [6.07, 6.45) is -3.16.